The minimum Gasteiger partial charge on any atom is -0.393 e. The van der Waals surface area contributed by atoms with Gasteiger partial charge in [0.05, 0.1) is 17.4 Å². The molecular weight excluding hydrogens is 340 g/mol. The van der Waals surface area contributed by atoms with Gasteiger partial charge in [0.2, 0.25) is 15.9 Å². The van der Waals surface area contributed by atoms with Crippen molar-refractivity contribution >= 4 is 15.9 Å². The number of carbonyl (C=O) groups excluding carboxylic acids is 1. The Morgan fingerprint density at radius 2 is 1.76 bits per heavy atom. The van der Waals surface area contributed by atoms with E-state index >= 15 is 0 Å². The molecular formula is C18H28N2O4S. The summed E-state index contributed by atoms with van der Waals surface area (Å²) in [5.74, 6) is -0.139. The van der Waals surface area contributed by atoms with Crippen LogP contribution in [0.3, 0.4) is 0 Å². The zero-order chi connectivity index (χ0) is 18.4. The third-order valence-corrected chi connectivity index (χ3v) is 6.26. The number of aliphatic hydroxyl groups excluding tert-OH is 1. The van der Waals surface area contributed by atoms with Crippen LogP contribution < -0.4 is 5.32 Å². The number of carbonyl (C=O) groups is 1. The predicted molar refractivity (Wildman–Crippen MR) is 96.7 cm³/mol. The minimum atomic E-state index is -3.43. The molecule has 140 valence electrons. The van der Waals surface area contributed by atoms with Crippen LogP contribution in [0.25, 0.3) is 0 Å². The Morgan fingerprint density at radius 1 is 1.16 bits per heavy atom. The molecule has 2 atom stereocenters. The third-order valence-electron chi connectivity index (χ3n) is 4.34. The average Bonchev–Trinajstić information content (AvgIpc) is 2.55. The summed E-state index contributed by atoms with van der Waals surface area (Å²) in [5.41, 5.74) is 0.763. The Labute approximate surface area is 150 Å². The molecule has 1 amide bonds. The van der Waals surface area contributed by atoms with Gasteiger partial charge in [0.15, 0.2) is 0 Å². The first-order valence-electron chi connectivity index (χ1n) is 8.85. The number of nitrogens with zero attached hydrogens (tertiary/aromatic N) is 1. The normalized spacial score (nSPS) is 18.5. The third kappa shape index (κ3) is 5.80. The van der Waals surface area contributed by atoms with Gasteiger partial charge in [-0.1, -0.05) is 18.6 Å². The summed E-state index contributed by atoms with van der Waals surface area (Å²) in [4.78, 5) is 12.3. The number of amides is 1. The van der Waals surface area contributed by atoms with Crippen LogP contribution >= 0.6 is 0 Å². The zero-order valence-electron chi connectivity index (χ0n) is 14.9. The second-order valence-corrected chi connectivity index (χ2v) is 8.78. The lowest BCUT2D eigenvalue weighted by atomic mass is 10.1. The van der Waals surface area contributed by atoms with Gasteiger partial charge in [0, 0.05) is 19.1 Å². The highest BCUT2D eigenvalue weighted by molar-refractivity contribution is 7.89. The lowest BCUT2D eigenvalue weighted by Gasteiger charge is -2.25. The van der Waals surface area contributed by atoms with Crippen molar-refractivity contribution in [3.05, 3.63) is 29.8 Å². The molecule has 2 rings (SSSR count). The van der Waals surface area contributed by atoms with Gasteiger partial charge >= 0.3 is 0 Å². The van der Waals surface area contributed by atoms with E-state index in [-0.39, 0.29) is 23.3 Å². The van der Waals surface area contributed by atoms with E-state index in [2.05, 4.69) is 5.32 Å². The molecule has 1 aromatic carbocycles. The number of rotatable bonds is 7. The number of benzene rings is 1. The minimum absolute atomic E-state index is 0.105. The van der Waals surface area contributed by atoms with E-state index < -0.39 is 16.1 Å². The van der Waals surface area contributed by atoms with Gasteiger partial charge in [-0.25, -0.2) is 8.42 Å². The molecule has 6 nitrogen and oxygen atoms in total. The number of hydrogen-bond donors (Lipinski definition) is 2. The highest BCUT2D eigenvalue weighted by Gasteiger charge is 2.25. The molecule has 0 unspecified atom stereocenters. The Balaban J connectivity index is 1.96. The van der Waals surface area contributed by atoms with Crippen LogP contribution in [0, 0.1) is 0 Å². The second kappa shape index (κ2) is 8.78. The molecule has 1 aliphatic heterocycles. The highest BCUT2D eigenvalue weighted by Crippen LogP contribution is 2.21. The molecule has 0 aliphatic carbocycles. The van der Waals surface area contributed by atoms with E-state index in [0.29, 0.717) is 19.5 Å². The smallest absolute Gasteiger partial charge is 0.243 e. The maximum atomic E-state index is 12.6. The highest BCUT2D eigenvalue weighted by atomic mass is 32.2. The molecule has 2 N–H and O–H groups in total. The van der Waals surface area contributed by atoms with Crippen molar-refractivity contribution in [1.82, 2.24) is 9.62 Å². The largest absolute Gasteiger partial charge is 0.393 e. The maximum Gasteiger partial charge on any atom is 0.243 e. The standard InChI is InChI=1S/C18H28N2O4S/c1-14(12-15(2)21)19-18(22)13-16-6-8-17(9-7-16)25(23,24)20-10-4-3-5-11-20/h6-9,14-15,21H,3-5,10-13H2,1-2H3,(H,19,22)/t14-,15+/m0/s1. The summed E-state index contributed by atoms with van der Waals surface area (Å²) in [5, 5.41) is 12.2. The summed E-state index contributed by atoms with van der Waals surface area (Å²) >= 11 is 0. The van der Waals surface area contributed by atoms with E-state index in [4.69, 9.17) is 0 Å². The molecule has 1 saturated heterocycles. The summed E-state index contributed by atoms with van der Waals surface area (Å²) in [6.07, 6.45) is 3.11. The van der Waals surface area contributed by atoms with Gasteiger partial charge in [0.25, 0.3) is 0 Å². The molecule has 0 spiro atoms. The molecule has 0 bridgehead atoms. The van der Waals surface area contributed by atoms with Gasteiger partial charge in [0.1, 0.15) is 0 Å². The van der Waals surface area contributed by atoms with Crippen LogP contribution in [0.15, 0.2) is 29.2 Å². The zero-order valence-corrected chi connectivity index (χ0v) is 15.8. The van der Waals surface area contributed by atoms with Gasteiger partial charge in [-0.05, 0) is 50.8 Å². The predicted octanol–water partition coefficient (Wildman–Crippen LogP) is 1.68. The Bertz CT molecular complexity index is 665. The fourth-order valence-corrected chi connectivity index (χ4v) is 4.63. The Hall–Kier alpha value is -1.44. The monoisotopic (exact) mass is 368 g/mol. The van der Waals surface area contributed by atoms with Crippen LogP contribution in [0.2, 0.25) is 0 Å². The van der Waals surface area contributed by atoms with Gasteiger partial charge in [-0.3, -0.25) is 4.79 Å². The first-order valence-corrected chi connectivity index (χ1v) is 10.3. The van der Waals surface area contributed by atoms with E-state index in [9.17, 15) is 18.3 Å². The summed E-state index contributed by atoms with van der Waals surface area (Å²) in [6, 6.07) is 6.43. The molecule has 25 heavy (non-hydrogen) atoms. The summed E-state index contributed by atoms with van der Waals surface area (Å²) in [6.45, 7) is 4.68. The molecule has 1 aromatic rings. The van der Waals surface area contributed by atoms with Crippen molar-refractivity contribution < 1.29 is 18.3 Å². The van der Waals surface area contributed by atoms with Gasteiger partial charge < -0.3 is 10.4 Å². The summed E-state index contributed by atoms with van der Waals surface area (Å²) in [7, 11) is -3.43. The van der Waals surface area contributed by atoms with Crippen molar-refractivity contribution in [2.75, 3.05) is 13.1 Å². The fraction of sp³-hybridized carbons (Fsp3) is 0.611. The quantitative estimate of drug-likeness (QED) is 0.767. The van der Waals surface area contributed by atoms with Crippen molar-refractivity contribution in [3.8, 4) is 0 Å². The van der Waals surface area contributed by atoms with Gasteiger partial charge in [-0.15, -0.1) is 0 Å². The fourth-order valence-electron chi connectivity index (χ4n) is 3.12. The molecule has 1 heterocycles. The van der Waals surface area contributed by atoms with E-state index in [1.165, 1.54) is 4.31 Å². The molecule has 1 aliphatic rings. The second-order valence-electron chi connectivity index (χ2n) is 6.84. The number of nitrogens with one attached hydrogen (secondary N) is 1. The topological polar surface area (TPSA) is 86.7 Å². The Kier molecular flexibility index (Phi) is 6.98. The van der Waals surface area contributed by atoms with Crippen LogP contribution in [0.5, 0.6) is 0 Å². The SMILES string of the molecule is C[C@@H](O)C[C@H](C)NC(=O)Cc1ccc(S(=O)(=O)N2CCCCC2)cc1. The molecule has 0 radical (unpaired) electrons. The first kappa shape index (κ1) is 19.9. The molecule has 7 heteroatoms. The van der Waals surface area contributed by atoms with Crippen LogP contribution in [-0.2, 0) is 21.2 Å². The van der Waals surface area contributed by atoms with E-state index in [0.717, 1.165) is 24.8 Å². The lowest BCUT2D eigenvalue weighted by molar-refractivity contribution is -0.121. The van der Waals surface area contributed by atoms with Gasteiger partial charge in [-0.2, -0.15) is 4.31 Å². The summed E-state index contributed by atoms with van der Waals surface area (Å²) < 4.78 is 26.7. The number of piperidine rings is 1. The van der Waals surface area contributed by atoms with E-state index in [1.54, 1.807) is 31.2 Å². The van der Waals surface area contributed by atoms with Crippen molar-refractivity contribution in [3.63, 3.8) is 0 Å². The molecule has 1 fully saturated rings. The van der Waals surface area contributed by atoms with E-state index in [1.807, 2.05) is 6.92 Å². The molecule has 0 saturated carbocycles. The maximum absolute atomic E-state index is 12.6. The number of sulfonamides is 1. The molecule has 0 aromatic heterocycles. The van der Waals surface area contributed by atoms with Crippen LogP contribution in [-0.4, -0.2) is 49.0 Å². The van der Waals surface area contributed by atoms with Crippen molar-refractivity contribution in [2.24, 2.45) is 0 Å². The average molecular weight is 368 g/mol. The lowest BCUT2D eigenvalue weighted by Crippen LogP contribution is -2.36. The Morgan fingerprint density at radius 3 is 2.32 bits per heavy atom. The number of hydrogen-bond acceptors (Lipinski definition) is 4. The number of aliphatic hydroxyl groups is 1. The van der Waals surface area contributed by atoms with Crippen molar-refractivity contribution in [2.45, 2.75) is 63.0 Å². The van der Waals surface area contributed by atoms with Crippen LogP contribution in [0.4, 0.5) is 0 Å². The van der Waals surface area contributed by atoms with Crippen LogP contribution in [0.1, 0.15) is 45.1 Å². The van der Waals surface area contributed by atoms with Crippen molar-refractivity contribution in [1.29, 1.82) is 0 Å². The first-order chi connectivity index (χ1) is 11.8.